The van der Waals surface area contributed by atoms with Gasteiger partial charge in [0.2, 0.25) is 0 Å². The van der Waals surface area contributed by atoms with Gasteiger partial charge < -0.3 is 10.0 Å². The second kappa shape index (κ2) is 4.86. The number of likely N-dealkylation sites (tertiary alicyclic amines) is 1. The van der Waals surface area contributed by atoms with Crippen molar-refractivity contribution in [3.8, 4) is 5.75 Å². The molecule has 0 unspecified atom stereocenters. The van der Waals surface area contributed by atoms with Crippen LogP contribution in [0.15, 0.2) is 18.2 Å². The summed E-state index contributed by atoms with van der Waals surface area (Å²) in [6, 6.07) is 5.96. The third-order valence-corrected chi connectivity index (χ3v) is 4.61. The van der Waals surface area contributed by atoms with E-state index >= 15 is 0 Å². The summed E-state index contributed by atoms with van der Waals surface area (Å²) in [7, 11) is 2.23. The second-order valence-corrected chi connectivity index (χ2v) is 6.19. The van der Waals surface area contributed by atoms with Crippen molar-refractivity contribution in [2.45, 2.75) is 31.6 Å². The predicted octanol–water partition coefficient (Wildman–Crippen LogP) is 3.13. The van der Waals surface area contributed by atoms with Gasteiger partial charge >= 0.3 is 0 Å². The molecule has 2 bridgehead atoms. The van der Waals surface area contributed by atoms with E-state index in [1.807, 2.05) is 12.1 Å². The Hall–Kier alpha value is -0.540. The van der Waals surface area contributed by atoms with Crippen LogP contribution in [0.25, 0.3) is 0 Å². The van der Waals surface area contributed by atoms with E-state index in [4.69, 9.17) is 0 Å². The van der Waals surface area contributed by atoms with Crippen LogP contribution in [0.1, 0.15) is 30.9 Å². The number of phenolic OH excluding ortho intramolecular Hbond substituents is 1. The minimum absolute atomic E-state index is 0. The zero-order chi connectivity index (χ0) is 12.0. The van der Waals surface area contributed by atoms with Crippen molar-refractivity contribution in [3.63, 3.8) is 0 Å². The van der Waals surface area contributed by atoms with E-state index in [-0.39, 0.29) is 22.4 Å². The van der Waals surface area contributed by atoms with Crippen molar-refractivity contribution >= 4 is 17.0 Å². The molecule has 1 N–H and O–H groups in total. The summed E-state index contributed by atoms with van der Waals surface area (Å²) in [5.41, 5.74) is 3.11. The highest BCUT2D eigenvalue weighted by Crippen LogP contribution is 2.45. The number of rotatable bonds is 0. The van der Waals surface area contributed by atoms with Crippen molar-refractivity contribution in [3.05, 3.63) is 29.3 Å². The molecular formula is C15H22BrNO. The Labute approximate surface area is 120 Å². The monoisotopic (exact) mass is 311 g/mol. The molecule has 0 spiro atoms. The third-order valence-electron chi connectivity index (χ3n) is 4.61. The first-order valence-corrected chi connectivity index (χ1v) is 6.58. The van der Waals surface area contributed by atoms with Crippen LogP contribution < -0.4 is 0 Å². The molecule has 1 aliphatic heterocycles. The van der Waals surface area contributed by atoms with Crippen LogP contribution in [0.3, 0.4) is 0 Å². The van der Waals surface area contributed by atoms with Gasteiger partial charge in [-0.3, -0.25) is 0 Å². The number of hydrogen-bond acceptors (Lipinski definition) is 2. The standard InChI is InChI=1S/C15H21NO.BrH/c1-15-5-6-16(2)10-11(9-15)7-12-3-4-13(17)8-14(12)15;/h3-4,8,11,17H,5-7,9-10H2,1-2H3;1H/t11-,15-;/m1./s1. The first-order valence-electron chi connectivity index (χ1n) is 6.58. The SMILES string of the molecule is Br.CN1CC[C@]2(C)C[C@@H](Cc3ccc(O)cc32)C1. The van der Waals surface area contributed by atoms with Gasteiger partial charge in [0.15, 0.2) is 0 Å². The molecule has 1 saturated heterocycles. The Kier molecular flexibility index (Phi) is 3.75. The minimum atomic E-state index is 0. The number of phenols is 1. The van der Waals surface area contributed by atoms with Gasteiger partial charge in [0.05, 0.1) is 0 Å². The Morgan fingerprint density at radius 2 is 2.17 bits per heavy atom. The highest BCUT2D eigenvalue weighted by Gasteiger charge is 2.39. The molecule has 1 fully saturated rings. The normalized spacial score (nSPS) is 31.1. The van der Waals surface area contributed by atoms with E-state index in [1.165, 1.54) is 43.5 Å². The average Bonchev–Trinajstić information content (AvgIpc) is 2.39. The van der Waals surface area contributed by atoms with Gasteiger partial charge in [-0.05, 0) is 67.4 Å². The molecule has 2 aliphatic rings. The number of nitrogens with zero attached hydrogens (tertiary/aromatic N) is 1. The molecule has 0 aromatic heterocycles. The quantitative estimate of drug-likeness (QED) is 0.795. The summed E-state index contributed by atoms with van der Waals surface area (Å²) in [6.07, 6.45) is 3.65. The van der Waals surface area contributed by atoms with Crippen LogP contribution in [0, 0.1) is 5.92 Å². The maximum atomic E-state index is 9.71. The molecule has 1 heterocycles. The summed E-state index contributed by atoms with van der Waals surface area (Å²) in [4.78, 5) is 2.46. The molecule has 0 saturated carbocycles. The second-order valence-electron chi connectivity index (χ2n) is 6.19. The molecule has 0 amide bonds. The number of halogens is 1. The number of benzene rings is 1. The van der Waals surface area contributed by atoms with Crippen molar-refractivity contribution in [1.82, 2.24) is 4.90 Å². The van der Waals surface area contributed by atoms with Gasteiger partial charge in [0, 0.05) is 6.54 Å². The van der Waals surface area contributed by atoms with Gasteiger partial charge in [0.25, 0.3) is 0 Å². The van der Waals surface area contributed by atoms with E-state index in [0.717, 1.165) is 5.92 Å². The van der Waals surface area contributed by atoms with Crippen molar-refractivity contribution in [2.24, 2.45) is 5.92 Å². The largest absolute Gasteiger partial charge is 0.508 e. The van der Waals surface area contributed by atoms with E-state index in [1.54, 1.807) is 0 Å². The Morgan fingerprint density at radius 1 is 1.39 bits per heavy atom. The lowest BCUT2D eigenvalue weighted by Gasteiger charge is -2.38. The molecule has 1 aliphatic carbocycles. The average molecular weight is 312 g/mol. The van der Waals surface area contributed by atoms with Gasteiger partial charge in [-0.15, -0.1) is 17.0 Å². The van der Waals surface area contributed by atoms with Crippen LogP contribution in [-0.4, -0.2) is 30.1 Å². The summed E-state index contributed by atoms with van der Waals surface area (Å²) < 4.78 is 0. The molecule has 2 atom stereocenters. The fourth-order valence-electron chi connectivity index (χ4n) is 3.77. The molecular weight excluding hydrogens is 290 g/mol. The van der Waals surface area contributed by atoms with Crippen LogP contribution in [0.2, 0.25) is 0 Å². The van der Waals surface area contributed by atoms with E-state index in [0.29, 0.717) is 5.75 Å². The first-order chi connectivity index (χ1) is 8.07. The van der Waals surface area contributed by atoms with Crippen molar-refractivity contribution in [1.29, 1.82) is 0 Å². The van der Waals surface area contributed by atoms with Gasteiger partial charge in [0.1, 0.15) is 5.75 Å². The lowest BCUT2D eigenvalue weighted by molar-refractivity contribution is 0.289. The predicted molar refractivity (Wildman–Crippen MR) is 79.7 cm³/mol. The van der Waals surface area contributed by atoms with Gasteiger partial charge in [-0.25, -0.2) is 0 Å². The zero-order valence-corrected chi connectivity index (χ0v) is 12.9. The van der Waals surface area contributed by atoms with Crippen LogP contribution >= 0.6 is 17.0 Å². The zero-order valence-electron chi connectivity index (χ0n) is 11.1. The smallest absolute Gasteiger partial charge is 0.115 e. The minimum Gasteiger partial charge on any atom is -0.508 e. The van der Waals surface area contributed by atoms with Gasteiger partial charge in [-0.2, -0.15) is 0 Å². The molecule has 100 valence electrons. The molecule has 3 rings (SSSR count). The Balaban J connectivity index is 0.00000120. The van der Waals surface area contributed by atoms with Gasteiger partial charge in [-0.1, -0.05) is 13.0 Å². The fraction of sp³-hybridized carbons (Fsp3) is 0.600. The van der Waals surface area contributed by atoms with E-state index in [9.17, 15) is 5.11 Å². The topological polar surface area (TPSA) is 23.5 Å². The van der Waals surface area contributed by atoms with E-state index in [2.05, 4.69) is 24.9 Å². The number of hydrogen-bond donors (Lipinski definition) is 1. The van der Waals surface area contributed by atoms with Crippen molar-refractivity contribution < 1.29 is 5.11 Å². The lowest BCUT2D eigenvalue weighted by Crippen LogP contribution is -2.32. The number of fused-ring (bicyclic) bond motifs is 4. The number of aromatic hydroxyl groups is 1. The molecule has 3 heteroatoms. The summed E-state index contributed by atoms with van der Waals surface area (Å²) >= 11 is 0. The highest BCUT2D eigenvalue weighted by molar-refractivity contribution is 8.93. The molecule has 2 nitrogen and oxygen atoms in total. The van der Waals surface area contributed by atoms with Crippen LogP contribution in [0.5, 0.6) is 5.75 Å². The maximum Gasteiger partial charge on any atom is 0.115 e. The first kappa shape index (κ1) is 13.9. The van der Waals surface area contributed by atoms with Crippen LogP contribution in [-0.2, 0) is 11.8 Å². The van der Waals surface area contributed by atoms with E-state index < -0.39 is 0 Å². The Bertz CT molecular complexity index is 448. The molecule has 0 radical (unpaired) electrons. The fourth-order valence-corrected chi connectivity index (χ4v) is 3.77. The molecule has 18 heavy (non-hydrogen) atoms. The maximum absolute atomic E-state index is 9.71. The summed E-state index contributed by atoms with van der Waals surface area (Å²) in [5, 5.41) is 9.71. The Morgan fingerprint density at radius 3 is 2.94 bits per heavy atom. The third kappa shape index (κ3) is 2.30. The lowest BCUT2D eigenvalue weighted by atomic mass is 9.66. The molecule has 1 aromatic carbocycles. The van der Waals surface area contributed by atoms with Crippen LogP contribution in [0.4, 0.5) is 0 Å². The highest BCUT2D eigenvalue weighted by atomic mass is 79.9. The summed E-state index contributed by atoms with van der Waals surface area (Å²) in [6.45, 7) is 4.76. The summed E-state index contributed by atoms with van der Waals surface area (Å²) in [5.74, 6) is 1.20. The molecule has 1 aromatic rings. The van der Waals surface area contributed by atoms with Crippen molar-refractivity contribution in [2.75, 3.05) is 20.1 Å².